The van der Waals surface area contributed by atoms with Gasteiger partial charge in [-0.25, -0.2) is 74.3 Å². The zero-order valence-electron chi connectivity index (χ0n) is 72.9. The highest BCUT2D eigenvalue weighted by Gasteiger charge is 2.46. The molecule has 8 aliphatic heterocycles. The lowest BCUT2D eigenvalue weighted by atomic mass is 9.93. The van der Waals surface area contributed by atoms with E-state index < -0.39 is 80.3 Å². The van der Waals surface area contributed by atoms with E-state index in [4.69, 9.17) is 41.9 Å². The first kappa shape index (κ1) is 88.2. The number of fused-ring (bicyclic) bond motifs is 28. The van der Waals surface area contributed by atoms with Crippen LogP contribution in [0.5, 0.6) is 23.5 Å². The second-order valence-corrected chi connectivity index (χ2v) is 41.6. The number of nitrogen functional groups attached to an aromatic ring is 4. The molecule has 670 valence electrons. The Kier molecular flexibility index (Phi) is 22.6. The van der Waals surface area contributed by atoms with Crippen molar-refractivity contribution in [2.75, 3.05) is 39.5 Å². The molecule has 44 heteroatoms. The van der Waals surface area contributed by atoms with Crippen LogP contribution in [0.4, 0.5) is 29.0 Å². The summed E-state index contributed by atoms with van der Waals surface area (Å²) in [6.07, 6.45) is 5.79. The van der Waals surface area contributed by atoms with Gasteiger partial charge in [-0.2, -0.15) is 50.9 Å². The van der Waals surface area contributed by atoms with Gasteiger partial charge in [0.25, 0.3) is 39.5 Å². The zero-order chi connectivity index (χ0) is 93.1. The molecule has 9 N–H and O–H groups in total. The Hall–Kier alpha value is -14.9. The number of sulfonamides is 2. The van der Waals surface area contributed by atoms with Gasteiger partial charge < -0.3 is 41.9 Å². The standard InChI is InChI=1S/C22H21N7O3S.C22H23N7O3S.C22H23N7O2S.C21H20N8O3S/c1-11-4-5-18-14(6-11)12(2)32-22-21(24)25-10-16(26-22)20-15(27-29(3)17(20)9-23)7-13-8-19(30)28-33(13,18)31;1-12-4-5-18-15(8-12)13(2)32-22-21(24)25-11-17(26-22)20-16(27-28(3)19(20)10-23)9-14-6-7-33(30,31)29(14)18;1-12-4-5-19-15(8-12)13(2)31-22-21(24)25-11-17(27-22)20-16(28-29(3)18(20)10-23)9-14-6-7-26-32(14,19)30;1-10-4-5-12-13(6-10)11(2)32-21-20(23)24-9-15(25-21)18-14(27-29(3)16(18)8-22)7-17-19(12)26-28-33(17,30)31/h4-6,10,12-13H,7-8H2,1-3H3,(H2,24,25);4-5,8,11,13-14H,6-7,9H2,1-3H3,(H2,24,25);4-5,8,11,13-14H,6-7,9H2,1-3H3,(H2,24,25);4-6,9,11,17,28H,7H2,1-3H3,(H2,23,24)/t12-,13-,33?;13-,14?;13-,14+,32?;11-,17?/m1111/s1. The fourth-order valence-electron chi connectivity index (χ4n) is 17.7. The molecule has 4 aromatic carbocycles. The van der Waals surface area contributed by atoms with Crippen LogP contribution >= 0.6 is 0 Å². The predicted molar refractivity (Wildman–Crippen MR) is 481 cm³/mol. The van der Waals surface area contributed by atoms with Crippen LogP contribution in [0, 0.1) is 73.0 Å². The van der Waals surface area contributed by atoms with Gasteiger partial charge in [0.05, 0.1) is 156 Å². The third-order valence-electron chi connectivity index (χ3n) is 24.0. The van der Waals surface area contributed by atoms with Crippen LogP contribution in [0.3, 0.4) is 0 Å². The maximum atomic E-state index is 14.3. The van der Waals surface area contributed by atoms with Gasteiger partial charge in [-0.05, 0) is 86.4 Å². The second-order valence-electron chi connectivity index (χ2n) is 32.9. The number of nitrogens with zero attached hydrogens (tertiary/aromatic N) is 24. The summed E-state index contributed by atoms with van der Waals surface area (Å²) in [6.45, 7) is 15.6. The number of carbonyl (C=O) groups is 1. The molecule has 20 rings (SSSR count). The molecule has 1 saturated heterocycles. The van der Waals surface area contributed by atoms with Crippen molar-refractivity contribution in [1.29, 1.82) is 21.0 Å². The van der Waals surface area contributed by atoms with Crippen LogP contribution in [0.15, 0.2) is 121 Å². The Bertz CT molecular complexity index is 7580. The Morgan fingerprint density at radius 1 is 0.450 bits per heavy atom. The lowest BCUT2D eigenvalue weighted by molar-refractivity contribution is -0.117. The van der Waals surface area contributed by atoms with Gasteiger partial charge in [-0.3, -0.25) is 27.8 Å². The number of carbonyl (C=O) groups excluding carboxylic acids is 1. The van der Waals surface area contributed by atoms with E-state index >= 15 is 0 Å². The molecule has 1 amide bonds. The number of rotatable bonds is 0. The number of anilines is 5. The molecule has 8 bridgehead atoms. The van der Waals surface area contributed by atoms with E-state index in [1.54, 1.807) is 41.2 Å². The summed E-state index contributed by atoms with van der Waals surface area (Å²) in [4.78, 5) is 51.1. The van der Waals surface area contributed by atoms with Crippen molar-refractivity contribution >= 4 is 80.1 Å². The number of nitrogens with two attached hydrogens (primary N) is 4. The molecule has 0 aliphatic carbocycles. The van der Waals surface area contributed by atoms with Crippen molar-refractivity contribution in [3.05, 3.63) is 193 Å². The summed E-state index contributed by atoms with van der Waals surface area (Å²) in [5.41, 5.74) is 39.3. The maximum absolute atomic E-state index is 14.3. The third-order valence-corrected chi connectivity index (χ3v) is 32.9. The Balaban J connectivity index is 0.000000122. The Labute approximate surface area is 753 Å². The fourth-order valence-corrected chi connectivity index (χ4v) is 26.0. The molecule has 40 nitrogen and oxygen atoms in total. The van der Waals surface area contributed by atoms with E-state index in [0.29, 0.717) is 144 Å². The summed E-state index contributed by atoms with van der Waals surface area (Å²) >= 11 is 0. The van der Waals surface area contributed by atoms with Gasteiger partial charge >= 0.3 is 0 Å². The molecule has 16 heterocycles. The number of aryl methyl sites for hydroxylation is 8. The molecule has 1 fully saturated rings. The van der Waals surface area contributed by atoms with Crippen LogP contribution in [0.2, 0.25) is 0 Å². The number of benzene rings is 4. The molecule has 12 aromatic rings. The van der Waals surface area contributed by atoms with Gasteiger partial charge in [0.2, 0.25) is 10.0 Å². The number of hydrogen-bond donors (Lipinski definition) is 5. The van der Waals surface area contributed by atoms with Gasteiger partial charge in [-0.15, -0.1) is 0 Å². The summed E-state index contributed by atoms with van der Waals surface area (Å²) in [5, 5.41) is 59.5. The maximum Gasteiger partial charge on any atom is 0.258 e. The minimum absolute atomic E-state index is 0.0109. The minimum atomic E-state index is -3.82. The van der Waals surface area contributed by atoms with E-state index in [-0.39, 0.29) is 94.5 Å². The molecule has 10 atom stereocenters. The molecular weight excluding hydrogens is 1760 g/mol. The molecule has 8 aromatic heterocycles. The van der Waals surface area contributed by atoms with Crippen molar-refractivity contribution in [1.82, 2.24) is 83.8 Å². The topological polar surface area (TPSA) is 582 Å². The largest absolute Gasteiger partial charge is 0.467 e. The van der Waals surface area contributed by atoms with Gasteiger partial charge in [0.15, 0.2) is 23.3 Å². The van der Waals surface area contributed by atoms with Crippen molar-refractivity contribution in [3.8, 4) is 92.8 Å². The average molecular weight is 1840 g/mol. The number of nitrogens with one attached hydrogen (secondary N) is 1. The lowest BCUT2D eigenvalue weighted by Gasteiger charge is -2.29. The van der Waals surface area contributed by atoms with Gasteiger partial charge in [0, 0.05) is 94.7 Å². The number of aromatic nitrogens is 16. The minimum Gasteiger partial charge on any atom is -0.467 e. The second kappa shape index (κ2) is 33.6. The summed E-state index contributed by atoms with van der Waals surface area (Å²) in [6, 6.07) is 30.8. The van der Waals surface area contributed by atoms with Crippen molar-refractivity contribution in [2.24, 2.45) is 42.0 Å². The number of hydrazone groups is 1. The highest BCUT2D eigenvalue weighted by Crippen LogP contribution is 2.46. The first-order valence-corrected chi connectivity index (χ1v) is 47.8. The van der Waals surface area contributed by atoms with E-state index in [0.717, 1.165) is 38.9 Å². The van der Waals surface area contributed by atoms with Crippen LogP contribution in [0.1, 0.15) is 167 Å². The highest BCUT2D eigenvalue weighted by molar-refractivity contribution is 7.95. The van der Waals surface area contributed by atoms with Crippen LogP contribution in [-0.2, 0) is 98.2 Å². The number of nitriles is 4. The predicted octanol–water partition coefficient (Wildman–Crippen LogP) is 8.98. The summed E-state index contributed by atoms with van der Waals surface area (Å²) in [7, 11) is -6.57. The molecule has 0 spiro atoms. The quantitative estimate of drug-likeness (QED) is 0.0944. The van der Waals surface area contributed by atoms with Crippen LogP contribution in [-0.4, -0.2) is 150 Å². The van der Waals surface area contributed by atoms with Crippen molar-refractivity contribution in [2.45, 2.75) is 156 Å². The van der Waals surface area contributed by atoms with Crippen LogP contribution in [0.25, 0.3) is 45.0 Å². The fraction of sp³-hybridized carbons (Fsp3) is 0.333. The van der Waals surface area contributed by atoms with Crippen molar-refractivity contribution in [3.63, 3.8) is 0 Å². The SMILES string of the molecule is Cc1ccc2c(c1)[C@@H](C)Oc1nc(cnc1N)-c1c(nn(C)c1C#N)CC1C2=NNS1(=O)=O.Cc1ccc2c(c1)[C@@H](C)Oc1nc(cnc1N)-c1c(nn(C)c1C#N)CC1CCS(=O)(=O)N21.Cc1ccc2c(c1)[C@@H](C)Oc1nc(cnc1N)-c1c(nn(C)c1C#N)C[C@@H]1CC(=O)N=S21=O.Cc1ccc2c(c1)[C@@H](C)Oc1nc(cnc1N)-c1c(nn(C)c1C#N)C[C@@H]1CCN=S21=O. The van der Waals surface area contributed by atoms with Gasteiger partial charge in [-0.1, -0.05) is 76.9 Å². The molecule has 8 aliphatic rings. The first-order chi connectivity index (χ1) is 62.4. The summed E-state index contributed by atoms with van der Waals surface area (Å²) < 4.78 is 122. The van der Waals surface area contributed by atoms with Gasteiger partial charge in [0.1, 0.15) is 76.7 Å². The Morgan fingerprint density at radius 2 is 0.824 bits per heavy atom. The average Bonchev–Trinajstić information content (AvgIpc) is 1.76. The van der Waals surface area contributed by atoms with Crippen molar-refractivity contribution < 1.29 is 49.0 Å². The number of ether oxygens (including phenoxy) is 4. The zero-order valence-corrected chi connectivity index (χ0v) is 76.2. The van der Waals surface area contributed by atoms with E-state index in [1.165, 1.54) is 47.8 Å². The molecule has 4 unspecified atom stereocenters. The summed E-state index contributed by atoms with van der Waals surface area (Å²) in [5.74, 6) is 0.543. The van der Waals surface area contributed by atoms with E-state index in [2.05, 4.69) is 103 Å². The first-order valence-electron chi connectivity index (χ1n) is 41.5. The number of amides is 1. The molecule has 0 radical (unpaired) electrons. The molecular formula is C87H87N29O11S4. The van der Waals surface area contributed by atoms with E-state index in [1.807, 2.05) is 115 Å². The molecule has 0 saturated carbocycles. The van der Waals surface area contributed by atoms with E-state index in [9.17, 15) is 51.1 Å². The number of hydrogen-bond acceptors (Lipinski definition) is 33. The molecule has 131 heavy (non-hydrogen) atoms. The Morgan fingerprint density at radius 3 is 1.27 bits per heavy atom. The third kappa shape index (κ3) is 15.8. The smallest absolute Gasteiger partial charge is 0.258 e. The normalized spacial score (nSPS) is 22.2. The van der Waals surface area contributed by atoms with Crippen LogP contribution < -0.4 is 51.0 Å². The monoisotopic (exact) mass is 1840 g/mol. The highest BCUT2D eigenvalue weighted by atomic mass is 32.2. The lowest BCUT2D eigenvalue weighted by Crippen LogP contribution is -2.36.